The second-order valence-corrected chi connectivity index (χ2v) is 4.94. The Bertz CT molecular complexity index is 818. The highest BCUT2D eigenvalue weighted by Gasteiger charge is 2.21. The van der Waals surface area contributed by atoms with E-state index in [2.05, 4.69) is 0 Å². The number of hydrogen-bond acceptors (Lipinski definition) is 5. The van der Waals surface area contributed by atoms with Gasteiger partial charge in [0, 0.05) is 5.56 Å². The van der Waals surface area contributed by atoms with Gasteiger partial charge in [-0.2, -0.15) is 0 Å². The summed E-state index contributed by atoms with van der Waals surface area (Å²) < 4.78 is 4.73. The van der Waals surface area contributed by atoms with Gasteiger partial charge in [-0.1, -0.05) is 0 Å². The number of cyclic esters (lactones) is 1. The number of fused-ring (bicyclic) bond motifs is 1. The molecule has 1 aliphatic rings. The van der Waals surface area contributed by atoms with E-state index < -0.39 is 17.9 Å². The number of hydrogen-bond donors (Lipinski definition) is 3. The number of carboxylic acid groups (broad SMARTS) is 3. The van der Waals surface area contributed by atoms with Crippen LogP contribution in [-0.4, -0.2) is 39.2 Å². The molecule has 0 aromatic heterocycles. The molecule has 0 aliphatic carbocycles. The van der Waals surface area contributed by atoms with E-state index in [-0.39, 0.29) is 29.3 Å². The lowest BCUT2D eigenvalue weighted by Crippen LogP contribution is -1.99. The number of carboxylic acids is 3. The molecule has 0 radical (unpaired) electrons. The van der Waals surface area contributed by atoms with Crippen molar-refractivity contribution in [1.29, 1.82) is 0 Å². The van der Waals surface area contributed by atoms with Gasteiger partial charge >= 0.3 is 23.9 Å². The van der Waals surface area contributed by atoms with Gasteiger partial charge in [-0.25, -0.2) is 19.2 Å². The molecule has 0 unspecified atom stereocenters. The Morgan fingerprint density at radius 2 is 1.20 bits per heavy atom. The van der Waals surface area contributed by atoms with Gasteiger partial charge in [0.2, 0.25) is 0 Å². The molecule has 2 aromatic carbocycles. The van der Waals surface area contributed by atoms with E-state index in [1.165, 1.54) is 42.5 Å². The fraction of sp³-hybridized carbons (Fsp3) is 0.0588. The molecule has 0 spiro atoms. The van der Waals surface area contributed by atoms with Crippen molar-refractivity contribution in [1.82, 2.24) is 0 Å². The van der Waals surface area contributed by atoms with Gasteiger partial charge in [0.1, 0.15) is 6.61 Å². The Kier molecular flexibility index (Phi) is 5.13. The smallest absolute Gasteiger partial charge is 0.338 e. The van der Waals surface area contributed by atoms with Gasteiger partial charge in [-0.05, 0) is 42.5 Å². The van der Waals surface area contributed by atoms with Gasteiger partial charge in [0.15, 0.2) is 0 Å². The summed E-state index contributed by atoms with van der Waals surface area (Å²) in [6, 6.07) is 9.36. The van der Waals surface area contributed by atoms with Gasteiger partial charge in [-0.3, -0.25) is 0 Å². The standard InChI is InChI=1S/C9H6O4.C8H6O4/c10-8(11)5-1-2-7-6(3-5)4-13-9(7)12;9-7(10)5-1-2-6(4-3-5)8(11)12/h1-3H,4H2,(H,10,11);1-4H,(H,9,10)(H,11,12). The summed E-state index contributed by atoms with van der Waals surface area (Å²) in [5.41, 5.74) is 1.45. The quantitative estimate of drug-likeness (QED) is 0.720. The lowest BCUT2D eigenvalue weighted by Gasteiger charge is -1.95. The first-order chi connectivity index (χ1) is 11.8. The van der Waals surface area contributed by atoms with E-state index >= 15 is 0 Å². The van der Waals surface area contributed by atoms with Crippen molar-refractivity contribution in [3.8, 4) is 0 Å². The van der Waals surface area contributed by atoms with Crippen LogP contribution in [-0.2, 0) is 11.3 Å². The number of benzene rings is 2. The first-order valence-electron chi connectivity index (χ1n) is 6.89. The van der Waals surface area contributed by atoms with E-state index in [0.29, 0.717) is 11.1 Å². The molecule has 1 heterocycles. The highest BCUT2D eigenvalue weighted by atomic mass is 16.5. The largest absolute Gasteiger partial charge is 0.478 e. The van der Waals surface area contributed by atoms with Gasteiger partial charge in [-0.15, -0.1) is 0 Å². The van der Waals surface area contributed by atoms with Crippen LogP contribution in [0.3, 0.4) is 0 Å². The Morgan fingerprint density at radius 1 is 0.760 bits per heavy atom. The molecule has 25 heavy (non-hydrogen) atoms. The van der Waals surface area contributed by atoms with E-state index in [0.717, 1.165) is 0 Å². The molecule has 0 bridgehead atoms. The van der Waals surface area contributed by atoms with Gasteiger partial charge in [0.25, 0.3) is 0 Å². The van der Waals surface area contributed by atoms with E-state index in [1.807, 2.05) is 0 Å². The summed E-state index contributed by atoms with van der Waals surface area (Å²) in [7, 11) is 0. The van der Waals surface area contributed by atoms with Gasteiger partial charge in [0.05, 0.1) is 22.3 Å². The summed E-state index contributed by atoms with van der Waals surface area (Å²) in [5.74, 6) is -3.51. The second-order valence-electron chi connectivity index (χ2n) is 4.94. The van der Waals surface area contributed by atoms with Crippen molar-refractivity contribution >= 4 is 23.9 Å². The summed E-state index contributed by atoms with van der Waals surface area (Å²) in [5, 5.41) is 25.6. The molecule has 0 atom stereocenters. The number of ether oxygens (including phenoxy) is 1. The maximum atomic E-state index is 11.0. The zero-order valence-corrected chi connectivity index (χ0v) is 12.6. The third-order valence-corrected chi connectivity index (χ3v) is 3.31. The number of carbonyl (C=O) groups excluding carboxylic acids is 1. The average Bonchev–Trinajstić information content (AvgIpc) is 2.96. The first-order valence-corrected chi connectivity index (χ1v) is 6.89. The van der Waals surface area contributed by atoms with Crippen molar-refractivity contribution in [2.45, 2.75) is 6.61 Å². The molecule has 0 fully saturated rings. The van der Waals surface area contributed by atoms with Crippen LogP contribution in [0.1, 0.15) is 47.0 Å². The Labute approximate surface area is 140 Å². The zero-order chi connectivity index (χ0) is 18.6. The SMILES string of the molecule is O=C(O)c1ccc(C(=O)O)cc1.O=C(O)c1ccc2c(c1)COC2=O. The maximum Gasteiger partial charge on any atom is 0.338 e. The minimum atomic E-state index is -1.06. The fourth-order valence-electron chi connectivity index (χ4n) is 2.02. The topological polar surface area (TPSA) is 138 Å². The molecule has 8 nitrogen and oxygen atoms in total. The molecule has 3 N–H and O–H groups in total. The highest BCUT2D eigenvalue weighted by Crippen LogP contribution is 2.20. The average molecular weight is 344 g/mol. The van der Waals surface area contributed by atoms with Crippen molar-refractivity contribution in [2.75, 3.05) is 0 Å². The fourth-order valence-corrected chi connectivity index (χ4v) is 2.02. The minimum Gasteiger partial charge on any atom is -0.478 e. The van der Waals surface area contributed by atoms with Crippen LogP contribution in [0.5, 0.6) is 0 Å². The van der Waals surface area contributed by atoms with Crippen molar-refractivity contribution < 1.29 is 39.2 Å². The van der Waals surface area contributed by atoms with Crippen molar-refractivity contribution in [3.63, 3.8) is 0 Å². The maximum absolute atomic E-state index is 11.0. The third-order valence-electron chi connectivity index (χ3n) is 3.31. The molecule has 1 aliphatic heterocycles. The molecular formula is C17H12O8. The van der Waals surface area contributed by atoms with Crippen LogP contribution >= 0.6 is 0 Å². The number of rotatable bonds is 3. The highest BCUT2D eigenvalue weighted by molar-refractivity contribution is 5.96. The molecule has 0 saturated heterocycles. The predicted octanol–water partition coefficient (Wildman–Crippen LogP) is 2.14. The van der Waals surface area contributed by atoms with Crippen molar-refractivity contribution in [3.05, 3.63) is 70.3 Å². The molecule has 2 aromatic rings. The van der Waals surface area contributed by atoms with Crippen molar-refractivity contribution in [2.24, 2.45) is 0 Å². The lowest BCUT2D eigenvalue weighted by atomic mass is 10.1. The molecule has 0 saturated carbocycles. The minimum absolute atomic E-state index is 0.0833. The number of carbonyl (C=O) groups is 4. The monoisotopic (exact) mass is 344 g/mol. The molecule has 0 amide bonds. The molecule has 128 valence electrons. The molecular weight excluding hydrogens is 332 g/mol. The third kappa shape index (κ3) is 4.20. The first kappa shape index (κ1) is 17.7. The van der Waals surface area contributed by atoms with Crippen LogP contribution in [0.25, 0.3) is 0 Å². The molecule has 8 heteroatoms. The summed E-state index contributed by atoms with van der Waals surface area (Å²) in [4.78, 5) is 42.2. The lowest BCUT2D eigenvalue weighted by molar-refractivity contribution is 0.0534. The predicted molar refractivity (Wildman–Crippen MR) is 82.9 cm³/mol. The molecule has 3 rings (SSSR count). The van der Waals surface area contributed by atoms with E-state index in [1.54, 1.807) is 0 Å². The summed E-state index contributed by atoms with van der Waals surface area (Å²) in [6.45, 7) is 0.176. The van der Waals surface area contributed by atoms with Crippen LogP contribution in [0.2, 0.25) is 0 Å². The van der Waals surface area contributed by atoms with E-state index in [4.69, 9.17) is 20.1 Å². The Balaban J connectivity index is 0.000000181. The second kappa shape index (κ2) is 7.26. The Morgan fingerprint density at radius 3 is 1.64 bits per heavy atom. The summed E-state index contributed by atoms with van der Waals surface area (Å²) >= 11 is 0. The normalized spacial score (nSPS) is 11.6. The van der Waals surface area contributed by atoms with Crippen LogP contribution in [0.15, 0.2) is 42.5 Å². The van der Waals surface area contributed by atoms with Gasteiger partial charge < -0.3 is 20.1 Å². The van der Waals surface area contributed by atoms with E-state index in [9.17, 15) is 19.2 Å². The zero-order valence-electron chi connectivity index (χ0n) is 12.6. The van der Waals surface area contributed by atoms with Crippen LogP contribution in [0.4, 0.5) is 0 Å². The van der Waals surface area contributed by atoms with Crippen LogP contribution in [0, 0.1) is 0 Å². The number of aromatic carboxylic acids is 3. The number of esters is 1. The van der Waals surface area contributed by atoms with Crippen LogP contribution < -0.4 is 0 Å². The summed E-state index contributed by atoms with van der Waals surface area (Å²) in [6.07, 6.45) is 0. The Hall–Kier alpha value is -3.68.